The number of nitrogens with zero attached hydrogens (tertiary/aromatic N) is 6. The van der Waals surface area contributed by atoms with Gasteiger partial charge in [-0.15, -0.1) is 0 Å². The summed E-state index contributed by atoms with van der Waals surface area (Å²) in [6.45, 7) is 0.108. The van der Waals surface area contributed by atoms with Crippen LogP contribution in [-0.2, 0) is 6.54 Å². The largest absolute Gasteiger partial charge is 0.494 e. The lowest BCUT2D eigenvalue weighted by atomic mass is 10.1. The summed E-state index contributed by atoms with van der Waals surface area (Å²) >= 11 is 6.45. The monoisotopic (exact) mass is 410 g/mol. The number of pyridine rings is 2. The predicted molar refractivity (Wildman–Crippen MR) is 105 cm³/mol. The Balaban J connectivity index is 1.82. The molecule has 0 aliphatic heterocycles. The molecule has 0 amide bonds. The van der Waals surface area contributed by atoms with E-state index in [1.54, 1.807) is 36.9 Å². The van der Waals surface area contributed by atoms with E-state index in [4.69, 9.17) is 26.3 Å². The lowest BCUT2D eigenvalue weighted by molar-refractivity contribution is 0.343. The average molecular weight is 411 g/mol. The van der Waals surface area contributed by atoms with Crippen molar-refractivity contribution in [3.05, 3.63) is 41.9 Å². The summed E-state index contributed by atoms with van der Waals surface area (Å²) in [4.78, 5) is 8.83. The van der Waals surface area contributed by atoms with Crippen molar-refractivity contribution in [3.8, 4) is 40.5 Å². The van der Waals surface area contributed by atoms with E-state index in [-0.39, 0.29) is 12.4 Å². The van der Waals surface area contributed by atoms with Crippen molar-refractivity contribution in [3.63, 3.8) is 0 Å². The van der Waals surface area contributed by atoms with Crippen molar-refractivity contribution in [1.82, 2.24) is 24.3 Å². The van der Waals surface area contributed by atoms with E-state index in [9.17, 15) is 5.11 Å². The van der Waals surface area contributed by atoms with Gasteiger partial charge in [-0.05, 0) is 12.1 Å². The van der Waals surface area contributed by atoms with Crippen LogP contribution in [0.15, 0.2) is 36.9 Å². The third kappa shape index (κ3) is 3.19. The van der Waals surface area contributed by atoms with E-state index in [1.807, 2.05) is 6.07 Å². The first-order valence-corrected chi connectivity index (χ1v) is 8.82. The zero-order valence-electron chi connectivity index (χ0n) is 15.5. The molecule has 4 aromatic heterocycles. The topological polar surface area (TPSA) is 111 Å². The molecule has 4 rings (SSSR count). The zero-order chi connectivity index (χ0) is 20.5. The van der Waals surface area contributed by atoms with Gasteiger partial charge in [0.1, 0.15) is 6.54 Å². The van der Waals surface area contributed by atoms with Gasteiger partial charge in [-0.3, -0.25) is 9.25 Å². The molecular weight excluding hydrogens is 396 g/mol. The Labute approximate surface area is 170 Å². The molecule has 29 heavy (non-hydrogen) atoms. The van der Waals surface area contributed by atoms with Crippen molar-refractivity contribution in [1.29, 1.82) is 5.26 Å². The van der Waals surface area contributed by atoms with Gasteiger partial charge in [-0.1, -0.05) is 11.6 Å². The molecule has 0 aliphatic carbocycles. The molecule has 0 fully saturated rings. The van der Waals surface area contributed by atoms with Crippen molar-refractivity contribution in [2.45, 2.75) is 6.54 Å². The molecule has 0 radical (unpaired) electrons. The van der Waals surface area contributed by atoms with Gasteiger partial charge >= 0.3 is 0 Å². The zero-order valence-corrected chi connectivity index (χ0v) is 16.3. The highest BCUT2D eigenvalue weighted by atomic mass is 35.5. The van der Waals surface area contributed by atoms with E-state index in [0.29, 0.717) is 44.5 Å². The van der Waals surface area contributed by atoms with E-state index in [1.165, 1.54) is 23.5 Å². The minimum atomic E-state index is -0.0639. The Morgan fingerprint density at radius 3 is 2.76 bits per heavy atom. The number of fused-ring (bicyclic) bond motifs is 1. The van der Waals surface area contributed by atoms with Gasteiger partial charge in [0.15, 0.2) is 5.75 Å². The van der Waals surface area contributed by atoms with Crippen LogP contribution in [-0.4, -0.2) is 43.6 Å². The molecule has 0 aromatic carbocycles. The molecule has 146 valence electrons. The molecule has 0 spiro atoms. The van der Waals surface area contributed by atoms with Crippen LogP contribution in [0.1, 0.15) is 0 Å². The van der Waals surface area contributed by atoms with Crippen LogP contribution in [0.25, 0.3) is 27.8 Å². The molecule has 4 aromatic rings. The SMILES string of the molecule is COc1cc(-c2cc(Cl)c3c(O)n(-c4cnn(CC#N)c4)cc3n2)cnc1OC. The standard InChI is InChI=1S/C19H15ClN6O3/c1-28-16-5-11(7-22-18(16)29-2)14-6-13(20)17-15(24-14)10-26(19(17)27)12-8-23-25(9-12)4-3-21/h5-10,27H,4H2,1-2H3. The third-order valence-electron chi connectivity index (χ3n) is 4.36. The Hall–Kier alpha value is -3.77. The summed E-state index contributed by atoms with van der Waals surface area (Å²) in [5.41, 5.74) is 2.32. The number of rotatable bonds is 5. The van der Waals surface area contributed by atoms with Crippen LogP contribution in [0.3, 0.4) is 0 Å². The Kier molecular flexibility index (Phi) is 4.70. The van der Waals surface area contributed by atoms with Crippen LogP contribution in [0.5, 0.6) is 17.5 Å². The second kappa shape index (κ2) is 7.33. The maximum atomic E-state index is 10.7. The fourth-order valence-corrected chi connectivity index (χ4v) is 3.29. The van der Waals surface area contributed by atoms with Crippen LogP contribution >= 0.6 is 11.6 Å². The summed E-state index contributed by atoms with van der Waals surface area (Å²) in [5.74, 6) is 0.765. The third-order valence-corrected chi connectivity index (χ3v) is 4.66. The number of halogens is 1. The maximum Gasteiger partial charge on any atom is 0.256 e. The Morgan fingerprint density at radius 1 is 1.21 bits per heavy atom. The molecular formula is C19H15ClN6O3. The molecule has 9 nitrogen and oxygen atoms in total. The van der Waals surface area contributed by atoms with Gasteiger partial charge in [-0.2, -0.15) is 10.4 Å². The van der Waals surface area contributed by atoms with Crippen molar-refractivity contribution in [2.24, 2.45) is 0 Å². The van der Waals surface area contributed by atoms with E-state index >= 15 is 0 Å². The number of aromatic nitrogens is 5. The lowest BCUT2D eigenvalue weighted by Crippen LogP contribution is -1.95. The first-order chi connectivity index (χ1) is 14.0. The van der Waals surface area contributed by atoms with Gasteiger partial charge < -0.3 is 14.6 Å². The average Bonchev–Trinajstić information content (AvgIpc) is 3.32. The highest BCUT2D eigenvalue weighted by Crippen LogP contribution is 2.37. The smallest absolute Gasteiger partial charge is 0.256 e. The fraction of sp³-hybridized carbons (Fsp3) is 0.158. The number of aromatic hydroxyl groups is 1. The summed E-state index contributed by atoms with van der Waals surface area (Å²) in [7, 11) is 3.04. The van der Waals surface area contributed by atoms with Crippen molar-refractivity contribution >= 4 is 22.5 Å². The van der Waals surface area contributed by atoms with Crippen LogP contribution in [0.4, 0.5) is 0 Å². The molecule has 0 bridgehead atoms. The van der Waals surface area contributed by atoms with Crippen molar-refractivity contribution in [2.75, 3.05) is 14.2 Å². The first kappa shape index (κ1) is 18.6. The minimum absolute atomic E-state index is 0.0639. The molecule has 4 heterocycles. The molecule has 10 heteroatoms. The quantitative estimate of drug-likeness (QED) is 0.537. The normalized spacial score (nSPS) is 10.8. The second-order valence-electron chi connectivity index (χ2n) is 6.06. The molecule has 0 saturated heterocycles. The minimum Gasteiger partial charge on any atom is -0.494 e. The van der Waals surface area contributed by atoms with Gasteiger partial charge in [0.05, 0.1) is 60.0 Å². The molecule has 0 atom stereocenters. The van der Waals surface area contributed by atoms with Crippen LogP contribution in [0, 0.1) is 11.3 Å². The second-order valence-corrected chi connectivity index (χ2v) is 6.47. The summed E-state index contributed by atoms with van der Waals surface area (Å²) in [5, 5.41) is 24.3. The molecule has 1 N–H and O–H groups in total. The summed E-state index contributed by atoms with van der Waals surface area (Å²) < 4.78 is 13.4. The highest BCUT2D eigenvalue weighted by molar-refractivity contribution is 6.36. The number of nitriles is 1. The summed E-state index contributed by atoms with van der Waals surface area (Å²) in [6, 6.07) is 5.41. The number of hydrogen-bond acceptors (Lipinski definition) is 7. The summed E-state index contributed by atoms with van der Waals surface area (Å²) in [6.07, 6.45) is 6.45. The molecule has 0 saturated carbocycles. The molecule has 0 aliphatic rings. The molecule has 0 unspecified atom stereocenters. The number of hydrogen-bond donors (Lipinski definition) is 1. The highest BCUT2D eigenvalue weighted by Gasteiger charge is 2.18. The van der Waals surface area contributed by atoms with Gasteiger partial charge in [0.2, 0.25) is 5.88 Å². The lowest BCUT2D eigenvalue weighted by Gasteiger charge is -2.08. The van der Waals surface area contributed by atoms with E-state index < -0.39 is 0 Å². The van der Waals surface area contributed by atoms with Gasteiger partial charge in [0.25, 0.3) is 5.88 Å². The van der Waals surface area contributed by atoms with E-state index in [2.05, 4.69) is 15.1 Å². The van der Waals surface area contributed by atoms with Gasteiger partial charge in [0, 0.05) is 18.0 Å². The van der Waals surface area contributed by atoms with Crippen LogP contribution < -0.4 is 9.47 Å². The number of ether oxygens (including phenoxy) is 2. The maximum absolute atomic E-state index is 10.7. The predicted octanol–water partition coefficient (Wildman–Crippen LogP) is 3.18. The van der Waals surface area contributed by atoms with E-state index in [0.717, 1.165) is 0 Å². The Bertz CT molecular complexity index is 1260. The van der Waals surface area contributed by atoms with Crippen LogP contribution in [0.2, 0.25) is 5.02 Å². The van der Waals surface area contributed by atoms with Gasteiger partial charge in [-0.25, -0.2) is 9.97 Å². The first-order valence-electron chi connectivity index (χ1n) is 8.44. The number of methoxy groups -OCH3 is 2. The Morgan fingerprint density at radius 2 is 2.03 bits per heavy atom. The fourth-order valence-electron chi connectivity index (χ4n) is 3.00. The van der Waals surface area contributed by atoms with Crippen molar-refractivity contribution < 1.29 is 14.6 Å².